The van der Waals surface area contributed by atoms with Crippen LogP contribution in [0.2, 0.25) is 0 Å². The highest BCUT2D eigenvalue weighted by molar-refractivity contribution is 6.03. The van der Waals surface area contributed by atoms with Crippen LogP contribution in [0.25, 0.3) is 0 Å². The van der Waals surface area contributed by atoms with E-state index in [1.165, 1.54) is 4.90 Å². The fraction of sp³-hybridized carbons (Fsp3) is 0.529. The van der Waals surface area contributed by atoms with Crippen LogP contribution >= 0.6 is 0 Å². The van der Waals surface area contributed by atoms with Crippen molar-refractivity contribution in [2.45, 2.75) is 32.6 Å². The molecule has 1 saturated heterocycles. The van der Waals surface area contributed by atoms with Gasteiger partial charge >= 0.3 is 0 Å². The normalized spacial score (nSPS) is 18.0. The largest absolute Gasteiger partial charge is 0.493 e. The van der Waals surface area contributed by atoms with E-state index in [-0.39, 0.29) is 17.7 Å². The molecule has 0 spiro atoms. The average Bonchev–Trinajstić information content (AvgIpc) is 2.79. The van der Waals surface area contributed by atoms with E-state index in [1.807, 2.05) is 25.1 Å². The van der Waals surface area contributed by atoms with Crippen LogP contribution in [-0.2, 0) is 16.0 Å². The first-order valence-corrected chi connectivity index (χ1v) is 7.65. The third-order valence-electron chi connectivity index (χ3n) is 4.05. The van der Waals surface area contributed by atoms with Crippen molar-refractivity contribution in [3.63, 3.8) is 0 Å². The molecule has 1 aromatic rings. The summed E-state index contributed by atoms with van der Waals surface area (Å²) in [5, 5.41) is 0. The SMILES string of the molecule is CCCC1CC(=O)N(CCc2ccc(OC)c(OC)c2)C1=O. The first-order valence-electron chi connectivity index (χ1n) is 7.65. The van der Waals surface area contributed by atoms with E-state index in [0.717, 1.165) is 18.4 Å². The van der Waals surface area contributed by atoms with Crippen LogP contribution in [-0.4, -0.2) is 37.5 Å². The molecular weight excluding hydrogens is 282 g/mol. The molecule has 5 nitrogen and oxygen atoms in total. The summed E-state index contributed by atoms with van der Waals surface area (Å²) in [5.74, 6) is 1.13. The summed E-state index contributed by atoms with van der Waals surface area (Å²) in [6, 6.07) is 5.64. The molecule has 1 heterocycles. The molecule has 1 aliphatic rings. The van der Waals surface area contributed by atoms with Gasteiger partial charge < -0.3 is 9.47 Å². The molecule has 2 amide bonds. The minimum Gasteiger partial charge on any atom is -0.493 e. The Balaban J connectivity index is 2.01. The molecule has 1 atom stereocenters. The van der Waals surface area contributed by atoms with Gasteiger partial charge in [-0.2, -0.15) is 0 Å². The molecule has 2 rings (SSSR count). The Labute approximate surface area is 131 Å². The second-order valence-corrected chi connectivity index (χ2v) is 5.51. The molecule has 120 valence electrons. The van der Waals surface area contributed by atoms with Gasteiger partial charge in [0.15, 0.2) is 11.5 Å². The number of ether oxygens (including phenoxy) is 2. The van der Waals surface area contributed by atoms with E-state index in [0.29, 0.717) is 30.9 Å². The maximum Gasteiger partial charge on any atom is 0.232 e. The molecule has 0 bridgehead atoms. The molecule has 1 fully saturated rings. The van der Waals surface area contributed by atoms with E-state index >= 15 is 0 Å². The van der Waals surface area contributed by atoms with E-state index in [9.17, 15) is 9.59 Å². The average molecular weight is 305 g/mol. The van der Waals surface area contributed by atoms with Gasteiger partial charge in [0.1, 0.15) is 0 Å². The van der Waals surface area contributed by atoms with Crippen LogP contribution in [0, 0.1) is 5.92 Å². The molecule has 22 heavy (non-hydrogen) atoms. The number of carbonyl (C=O) groups is 2. The first-order chi connectivity index (χ1) is 10.6. The summed E-state index contributed by atoms with van der Waals surface area (Å²) < 4.78 is 10.5. The van der Waals surface area contributed by atoms with E-state index in [1.54, 1.807) is 14.2 Å². The van der Waals surface area contributed by atoms with Gasteiger partial charge in [-0.15, -0.1) is 0 Å². The molecule has 1 unspecified atom stereocenters. The summed E-state index contributed by atoms with van der Waals surface area (Å²) in [6.07, 6.45) is 2.69. The summed E-state index contributed by atoms with van der Waals surface area (Å²) in [5.41, 5.74) is 1.01. The lowest BCUT2D eigenvalue weighted by molar-refractivity contribution is -0.139. The highest BCUT2D eigenvalue weighted by atomic mass is 16.5. The molecule has 0 radical (unpaired) electrons. The second-order valence-electron chi connectivity index (χ2n) is 5.51. The highest BCUT2D eigenvalue weighted by Crippen LogP contribution is 2.28. The lowest BCUT2D eigenvalue weighted by Crippen LogP contribution is -2.32. The number of amides is 2. The van der Waals surface area contributed by atoms with Gasteiger partial charge in [0.2, 0.25) is 11.8 Å². The smallest absolute Gasteiger partial charge is 0.232 e. The van der Waals surface area contributed by atoms with Gasteiger partial charge in [0.05, 0.1) is 14.2 Å². The van der Waals surface area contributed by atoms with Crippen molar-refractivity contribution < 1.29 is 19.1 Å². The zero-order chi connectivity index (χ0) is 16.1. The van der Waals surface area contributed by atoms with Crippen molar-refractivity contribution in [1.82, 2.24) is 4.90 Å². The number of benzene rings is 1. The van der Waals surface area contributed by atoms with Crippen molar-refractivity contribution >= 4 is 11.8 Å². The Bertz CT molecular complexity index is 556. The molecule has 0 saturated carbocycles. The number of likely N-dealkylation sites (tertiary alicyclic amines) is 1. The molecular formula is C17H23NO4. The van der Waals surface area contributed by atoms with Gasteiger partial charge in [-0.3, -0.25) is 14.5 Å². The number of hydrogen-bond acceptors (Lipinski definition) is 4. The molecule has 0 aliphatic carbocycles. The summed E-state index contributed by atoms with van der Waals surface area (Å²) in [6.45, 7) is 2.46. The van der Waals surface area contributed by atoms with E-state index in [4.69, 9.17) is 9.47 Å². The fourth-order valence-corrected chi connectivity index (χ4v) is 2.84. The third-order valence-corrected chi connectivity index (χ3v) is 4.05. The first kappa shape index (κ1) is 16.3. The topological polar surface area (TPSA) is 55.8 Å². The minimum absolute atomic E-state index is 0.0210. The van der Waals surface area contributed by atoms with Crippen LogP contribution in [0.1, 0.15) is 31.7 Å². The number of rotatable bonds is 7. The number of methoxy groups -OCH3 is 2. The molecule has 5 heteroatoms. The van der Waals surface area contributed by atoms with E-state index < -0.39 is 0 Å². The highest BCUT2D eigenvalue weighted by Gasteiger charge is 2.37. The van der Waals surface area contributed by atoms with Gasteiger partial charge in [0.25, 0.3) is 0 Å². The maximum atomic E-state index is 12.2. The van der Waals surface area contributed by atoms with Crippen LogP contribution in [0.15, 0.2) is 18.2 Å². The summed E-state index contributed by atoms with van der Waals surface area (Å²) in [7, 11) is 3.18. The Hall–Kier alpha value is -2.04. The van der Waals surface area contributed by atoms with Gasteiger partial charge in [-0.25, -0.2) is 0 Å². The van der Waals surface area contributed by atoms with Crippen molar-refractivity contribution in [3.8, 4) is 11.5 Å². The quantitative estimate of drug-likeness (QED) is 0.726. The zero-order valence-corrected chi connectivity index (χ0v) is 13.4. The predicted octanol–water partition coefficient (Wildman–Crippen LogP) is 2.42. The van der Waals surface area contributed by atoms with Crippen molar-refractivity contribution in [1.29, 1.82) is 0 Å². The van der Waals surface area contributed by atoms with Crippen LogP contribution in [0.5, 0.6) is 11.5 Å². The Morgan fingerprint density at radius 3 is 2.55 bits per heavy atom. The maximum absolute atomic E-state index is 12.2. The monoisotopic (exact) mass is 305 g/mol. The molecule has 0 aromatic heterocycles. The fourth-order valence-electron chi connectivity index (χ4n) is 2.84. The number of imide groups is 1. The number of nitrogens with zero attached hydrogens (tertiary/aromatic N) is 1. The number of hydrogen-bond donors (Lipinski definition) is 0. The van der Waals surface area contributed by atoms with Gasteiger partial charge in [0, 0.05) is 18.9 Å². The van der Waals surface area contributed by atoms with Crippen LogP contribution in [0.3, 0.4) is 0 Å². The molecule has 1 aromatic carbocycles. The molecule has 1 aliphatic heterocycles. The van der Waals surface area contributed by atoms with Gasteiger partial charge in [-0.05, 0) is 30.5 Å². The van der Waals surface area contributed by atoms with Crippen molar-refractivity contribution in [2.75, 3.05) is 20.8 Å². The standard InChI is InChI=1S/C17H23NO4/c1-4-5-13-11-16(19)18(17(13)20)9-8-12-6-7-14(21-2)15(10-12)22-3/h6-7,10,13H,4-5,8-9,11H2,1-3H3. The molecule has 0 N–H and O–H groups in total. The predicted molar refractivity (Wildman–Crippen MR) is 83.0 cm³/mol. The Morgan fingerprint density at radius 2 is 1.91 bits per heavy atom. The van der Waals surface area contributed by atoms with Crippen LogP contribution < -0.4 is 9.47 Å². The zero-order valence-electron chi connectivity index (χ0n) is 13.4. The Morgan fingerprint density at radius 1 is 1.18 bits per heavy atom. The minimum atomic E-state index is -0.122. The van der Waals surface area contributed by atoms with Crippen LogP contribution in [0.4, 0.5) is 0 Å². The third kappa shape index (κ3) is 3.40. The van der Waals surface area contributed by atoms with Crippen molar-refractivity contribution in [2.24, 2.45) is 5.92 Å². The Kier molecular flexibility index (Phi) is 5.41. The van der Waals surface area contributed by atoms with Crippen molar-refractivity contribution in [3.05, 3.63) is 23.8 Å². The second kappa shape index (κ2) is 7.29. The number of carbonyl (C=O) groups excluding carboxylic acids is 2. The van der Waals surface area contributed by atoms with Gasteiger partial charge in [-0.1, -0.05) is 19.4 Å². The lowest BCUT2D eigenvalue weighted by atomic mass is 10.0. The lowest BCUT2D eigenvalue weighted by Gasteiger charge is -2.15. The summed E-state index contributed by atoms with van der Waals surface area (Å²) in [4.78, 5) is 25.6. The van der Waals surface area contributed by atoms with E-state index in [2.05, 4.69) is 0 Å². The summed E-state index contributed by atoms with van der Waals surface area (Å²) >= 11 is 0.